The van der Waals surface area contributed by atoms with Crippen LogP contribution in [0.3, 0.4) is 0 Å². The number of esters is 1. The van der Waals surface area contributed by atoms with E-state index in [1.54, 1.807) is 25.1 Å². The van der Waals surface area contributed by atoms with Crippen LogP contribution in [0, 0.1) is 6.92 Å². The highest BCUT2D eigenvalue weighted by molar-refractivity contribution is 5.90. The monoisotopic (exact) mass is 352 g/mol. The first-order valence-corrected chi connectivity index (χ1v) is 8.11. The van der Waals surface area contributed by atoms with E-state index in [0.717, 1.165) is 11.1 Å². The lowest BCUT2D eigenvalue weighted by Crippen LogP contribution is -2.09. The number of hydrogen-bond acceptors (Lipinski definition) is 7. The summed E-state index contributed by atoms with van der Waals surface area (Å²) in [5, 5.41) is 8.00. The number of fused-ring (bicyclic) bond motifs is 1. The van der Waals surface area contributed by atoms with E-state index in [9.17, 15) is 4.79 Å². The fourth-order valence-electron chi connectivity index (χ4n) is 2.51. The van der Waals surface area contributed by atoms with Gasteiger partial charge in [-0.15, -0.1) is 10.2 Å². The van der Waals surface area contributed by atoms with Gasteiger partial charge in [0.1, 0.15) is 0 Å². The molecule has 7 heteroatoms. The summed E-state index contributed by atoms with van der Waals surface area (Å²) in [5.41, 5.74) is 2.31. The van der Waals surface area contributed by atoms with Crippen molar-refractivity contribution in [1.29, 1.82) is 0 Å². The van der Waals surface area contributed by atoms with Crippen molar-refractivity contribution in [2.45, 2.75) is 20.0 Å². The van der Waals surface area contributed by atoms with Crippen LogP contribution in [0.5, 0.6) is 11.5 Å². The number of aromatic nitrogens is 2. The smallest absolute Gasteiger partial charge is 0.339 e. The van der Waals surface area contributed by atoms with Crippen LogP contribution >= 0.6 is 0 Å². The standard InChI is InChI=1S/C19H16N2O5/c1-11-3-5-13(6-4-11)18-21-20-17(26-18)12(2)25-19(22)14-7-8-15-16(9-14)24-10-23-15/h3-9,12H,10H2,1-2H3/t12-/m0/s1. The summed E-state index contributed by atoms with van der Waals surface area (Å²) >= 11 is 0. The second-order valence-corrected chi connectivity index (χ2v) is 5.93. The van der Waals surface area contributed by atoms with Gasteiger partial charge >= 0.3 is 5.97 Å². The van der Waals surface area contributed by atoms with Crippen molar-refractivity contribution in [1.82, 2.24) is 10.2 Å². The highest BCUT2D eigenvalue weighted by Crippen LogP contribution is 2.33. The molecular weight excluding hydrogens is 336 g/mol. The molecule has 0 unspecified atom stereocenters. The Labute approximate surface area is 149 Å². The third-order valence-electron chi connectivity index (χ3n) is 3.98. The molecule has 0 N–H and O–H groups in total. The maximum Gasteiger partial charge on any atom is 0.339 e. The SMILES string of the molecule is Cc1ccc(-c2nnc([C@H](C)OC(=O)c3ccc4c(c3)OCO4)o2)cc1. The van der Waals surface area contributed by atoms with E-state index in [2.05, 4.69) is 10.2 Å². The van der Waals surface area contributed by atoms with E-state index >= 15 is 0 Å². The molecule has 0 saturated heterocycles. The third-order valence-corrected chi connectivity index (χ3v) is 3.98. The Morgan fingerprint density at radius 1 is 1.08 bits per heavy atom. The summed E-state index contributed by atoms with van der Waals surface area (Å²) in [6.07, 6.45) is -0.681. The molecule has 0 spiro atoms. The van der Waals surface area contributed by atoms with Crippen molar-refractivity contribution >= 4 is 5.97 Å². The highest BCUT2D eigenvalue weighted by atomic mass is 16.7. The van der Waals surface area contributed by atoms with Gasteiger partial charge in [-0.2, -0.15) is 0 Å². The van der Waals surface area contributed by atoms with Gasteiger partial charge in [0.25, 0.3) is 5.89 Å². The summed E-state index contributed by atoms with van der Waals surface area (Å²) < 4.78 is 21.6. The fraction of sp³-hybridized carbons (Fsp3) is 0.211. The number of benzene rings is 2. The molecule has 1 aliphatic rings. The number of ether oxygens (including phenoxy) is 3. The molecule has 1 aromatic heterocycles. The first-order chi connectivity index (χ1) is 12.6. The Morgan fingerprint density at radius 3 is 2.65 bits per heavy atom. The van der Waals surface area contributed by atoms with E-state index in [-0.39, 0.29) is 12.7 Å². The minimum Gasteiger partial charge on any atom is -0.454 e. The molecule has 0 amide bonds. The summed E-state index contributed by atoms with van der Waals surface area (Å²) in [7, 11) is 0. The Balaban J connectivity index is 1.47. The number of hydrogen-bond donors (Lipinski definition) is 0. The first kappa shape index (κ1) is 16.1. The molecule has 26 heavy (non-hydrogen) atoms. The molecule has 0 radical (unpaired) electrons. The zero-order chi connectivity index (χ0) is 18.1. The zero-order valence-corrected chi connectivity index (χ0v) is 14.3. The van der Waals surface area contributed by atoms with Crippen molar-refractivity contribution in [2.24, 2.45) is 0 Å². The zero-order valence-electron chi connectivity index (χ0n) is 14.3. The second kappa shape index (κ2) is 6.51. The number of carbonyl (C=O) groups excluding carboxylic acids is 1. The van der Waals surface area contributed by atoms with Crippen LogP contribution in [0.1, 0.15) is 34.8 Å². The Morgan fingerprint density at radius 2 is 1.85 bits per heavy atom. The normalized spacial score (nSPS) is 13.5. The molecule has 7 nitrogen and oxygen atoms in total. The van der Waals surface area contributed by atoms with Crippen molar-refractivity contribution < 1.29 is 23.4 Å². The summed E-state index contributed by atoms with van der Waals surface area (Å²) in [6, 6.07) is 12.6. The fourth-order valence-corrected chi connectivity index (χ4v) is 2.51. The summed E-state index contributed by atoms with van der Waals surface area (Å²) in [6.45, 7) is 3.83. The van der Waals surface area contributed by atoms with Crippen LogP contribution in [0.25, 0.3) is 11.5 Å². The van der Waals surface area contributed by atoms with Gasteiger partial charge in [0.05, 0.1) is 5.56 Å². The predicted octanol–water partition coefficient (Wildman–Crippen LogP) is 3.69. The van der Waals surface area contributed by atoms with Gasteiger partial charge in [-0.05, 0) is 44.2 Å². The van der Waals surface area contributed by atoms with Crippen LogP contribution in [0.4, 0.5) is 0 Å². The topological polar surface area (TPSA) is 83.7 Å². The van der Waals surface area contributed by atoms with Gasteiger partial charge in [0.15, 0.2) is 17.6 Å². The minimum atomic E-state index is -0.681. The van der Waals surface area contributed by atoms with Crippen molar-refractivity contribution in [3.05, 3.63) is 59.5 Å². The minimum absolute atomic E-state index is 0.147. The van der Waals surface area contributed by atoms with Crippen LogP contribution in [0.15, 0.2) is 46.9 Å². The lowest BCUT2D eigenvalue weighted by atomic mass is 10.1. The van der Waals surface area contributed by atoms with Crippen LogP contribution < -0.4 is 9.47 Å². The average Bonchev–Trinajstić information content (AvgIpc) is 3.31. The number of carbonyl (C=O) groups is 1. The molecule has 2 aromatic carbocycles. The number of nitrogens with zero attached hydrogens (tertiary/aromatic N) is 2. The Bertz CT molecular complexity index is 949. The molecule has 0 bridgehead atoms. The van der Waals surface area contributed by atoms with Gasteiger partial charge in [-0.3, -0.25) is 0 Å². The maximum absolute atomic E-state index is 12.3. The molecule has 0 fully saturated rings. The molecule has 1 atom stereocenters. The van der Waals surface area contributed by atoms with E-state index in [4.69, 9.17) is 18.6 Å². The molecule has 3 aromatic rings. The molecule has 1 aliphatic heterocycles. The van der Waals surface area contributed by atoms with Crippen LogP contribution in [-0.4, -0.2) is 23.0 Å². The lowest BCUT2D eigenvalue weighted by molar-refractivity contribution is 0.0279. The second-order valence-electron chi connectivity index (χ2n) is 5.93. The number of rotatable bonds is 4. The largest absolute Gasteiger partial charge is 0.454 e. The molecule has 0 saturated carbocycles. The van der Waals surface area contributed by atoms with E-state index < -0.39 is 12.1 Å². The Hall–Kier alpha value is -3.35. The summed E-state index contributed by atoms with van der Waals surface area (Å²) in [5.74, 6) is 1.23. The van der Waals surface area contributed by atoms with E-state index in [1.807, 2.05) is 31.2 Å². The summed E-state index contributed by atoms with van der Waals surface area (Å²) in [4.78, 5) is 12.3. The van der Waals surface area contributed by atoms with Crippen LogP contribution in [-0.2, 0) is 4.74 Å². The van der Waals surface area contributed by atoms with Gasteiger partial charge in [0.2, 0.25) is 12.7 Å². The van der Waals surface area contributed by atoms with Gasteiger partial charge in [0, 0.05) is 5.56 Å². The molecule has 132 valence electrons. The first-order valence-electron chi connectivity index (χ1n) is 8.11. The predicted molar refractivity (Wildman–Crippen MR) is 90.9 cm³/mol. The Kier molecular flexibility index (Phi) is 4.04. The van der Waals surface area contributed by atoms with Crippen LogP contribution in [0.2, 0.25) is 0 Å². The van der Waals surface area contributed by atoms with Gasteiger partial charge in [-0.25, -0.2) is 4.79 Å². The molecule has 2 heterocycles. The van der Waals surface area contributed by atoms with Crippen molar-refractivity contribution in [3.8, 4) is 23.0 Å². The molecular formula is C19H16N2O5. The van der Waals surface area contributed by atoms with E-state index in [0.29, 0.717) is 23.0 Å². The van der Waals surface area contributed by atoms with E-state index in [1.165, 1.54) is 0 Å². The molecule has 4 rings (SSSR count). The quantitative estimate of drug-likeness (QED) is 0.662. The van der Waals surface area contributed by atoms with Crippen molar-refractivity contribution in [3.63, 3.8) is 0 Å². The lowest BCUT2D eigenvalue weighted by Gasteiger charge is -2.09. The maximum atomic E-state index is 12.3. The third kappa shape index (κ3) is 3.11. The average molecular weight is 352 g/mol. The van der Waals surface area contributed by atoms with Gasteiger partial charge < -0.3 is 18.6 Å². The molecule has 0 aliphatic carbocycles. The highest BCUT2D eigenvalue weighted by Gasteiger charge is 2.22. The number of aryl methyl sites for hydroxylation is 1. The van der Waals surface area contributed by atoms with Gasteiger partial charge in [-0.1, -0.05) is 17.7 Å². The van der Waals surface area contributed by atoms with Crippen molar-refractivity contribution in [2.75, 3.05) is 6.79 Å².